The molecular formula is C16H20FN3O3. The molecule has 0 saturated heterocycles. The van der Waals surface area contributed by atoms with Gasteiger partial charge in [0.2, 0.25) is 5.91 Å². The minimum absolute atomic E-state index is 0.236. The Morgan fingerprint density at radius 1 is 1.39 bits per heavy atom. The number of aromatic amines is 1. The van der Waals surface area contributed by atoms with Crippen LogP contribution in [0.3, 0.4) is 0 Å². The molecule has 124 valence electrons. The first kappa shape index (κ1) is 17.0. The van der Waals surface area contributed by atoms with Gasteiger partial charge in [-0.15, -0.1) is 0 Å². The fourth-order valence-electron chi connectivity index (χ4n) is 2.39. The molecule has 0 radical (unpaired) electrons. The second kappa shape index (κ2) is 7.73. The number of carbonyl (C=O) groups is 2. The molecule has 1 amide bonds. The number of H-pyrrole nitrogens is 1. The predicted octanol–water partition coefficient (Wildman–Crippen LogP) is 1.12. The highest BCUT2D eigenvalue weighted by molar-refractivity contribution is 5.87. The van der Waals surface area contributed by atoms with E-state index < -0.39 is 12.0 Å². The summed E-state index contributed by atoms with van der Waals surface area (Å²) in [5.41, 5.74) is 1.45. The Kier molecular flexibility index (Phi) is 5.70. The van der Waals surface area contributed by atoms with Gasteiger partial charge in [0.25, 0.3) is 0 Å². The molecule has 0 fully saturated rings. The Morgan fingerprint density at radius 3 is 2.87 bits per heavy atom. The van der Waals surface area contributed by atoms with E-state index in [1.165, 1.54) is 19.2 Å². The third-order valence-corrected chi connectivity index (χ3v) is 3.58. The van der Waals surface area contributed by atoms with Crippen molar-refractivity contribution in [1.29, 1.82) is 0 Å². The van der Waals surface area contributed by atoms with Crippen LogP contribution < -0.4 is 10.6 Å². The summed E-state index contributed by atoms with van der Waals surface area (Å²) in [6.07, 6.45) is 2.24. The van der Waals surface area contributed by atoms with Gasteiger partial charge in [0, 0.05) is 36.5 Å². The number of fused-ring (bicyclic) bond motifs is 1. The molecule has 1 aromatic heterocycles. The summed E-state index contributed by atoms with van der Waals surface area (Å²) in [5, 5.41) is 6.36. The lowest BCUT2D eigenvalue weighted by Crippen LogP contribution is -2.43. The number of carbonyl (C=O) groups excluding carboxylic acids is 2. The van der Waals surface area contributed by atoms with E-state index >= 15 is 0 Å². The summed E-state index contributed by atoms with van der Waals surface area (Å²) < 4.78 is 18.0. The van der Waals surface area contributed by atoms with Crippen molar-refractivity contribution in [3.05, 3.63) is 35.8 Å². The normalized spacial score (nSPS) is 12.1. The van der Waals surface area contributed by atoms with Gasteiger partial charge < -0.3 is 20.4 Å². The average molecular weight is 321 g/mol. The molecule has 0 aliphatic rings. The second-order valence-electron chi connectivity index (χ2n) is 5.20. The lowest BCUT2D eigenvalue weighted by atomic mass is 10.0. The number of nitrogens with one attached hydrogen (secondary N) is 3. The Balaban J connectivity index is 2.16. The summed E-state index contributed by atoms with van der Waals surface area (Å²) in [7, 11) is 3.02. The lowest BCUT2D eigenvalue weighted by molar-refractivity contribution is -0.145. The number of amides is 1. The highest BCUT2D eigenvalue weighted by Gasteiger charge is 2.23. The van der Waals surface area contributed by atoms with Gasteiger partial charge >= 0.3 is 5.97 Å². The smallest absolute Gasteiger partial charge is 0.328 e. The summed E-state index contributed by atoms with van der Waals surface area (Å²) in [5.74, 6) is -1.09. The van der Waals surface area contributed by atoms with Crippen LogP contribution in [0.2, 0.25) is 0 Å². The molecule has 0 aliphatic carbocycles. The number of hydrogen-bond acceptors (Lipinski definition) is 4. The first-order valence-corrected chi connectivity index (χ1v) is 7.32. The fourth-order valence-corrected chi connectivity index (χ4v) is 2.39. The molecule has 2 rings (SSSR count). The van der Waals surface area contributed by atoms with Gasteiger partial charge in [0.15, 0.2) is 0 Å². The van der Waals surface area contributed by atoms with Gasteiger partial charge in [-0.3, -0.25) is 4.79 Å². The van der Waals surface area contributed by atoms with Crippen LogP contribution in [0, 0.1) is 5.82 Å². The van der Waals surface area contributed by atoms with E-state index in [4.69, 9.17) is 4.74 Å². The molecule has 1 atom stereocenters. The van der Waals surface area contributed by atoms with Gasteiger partial charge in [-0.2, -0.15) is 0 Å². The van der Waals surface area contributed by atoms with Crippen molar-refractivity contribution in [2.45, 2.75) is 18.9 Å². The van der Waals surface area contributed by atoms with Crippen molar-refractivity contribution in [2.75, 3.05) is 20.7 Å². The Bertz CT molecular complexity index is 699. The molecule has 7 heteroatoms. The molecule has 23 heavy (non-hydrogen) atoms. The fraction of sp³-hybridized carbons (Fsp3) is 0.375. The van der Waals surface area contributed by atoms with Crippen molar-refractivity contribution in [3.63, 3.8) is 0 Å². The molecule has 1 aromatic carbocycles. The second-order valence-corrected chi connectivity index (χ2v) is 5.20. The van der Waals surface area contributed by atoms with Gasteiger partial charge in [0.05, 0.1) is 7.11 Å². The zero-order valence-electron chi connectivity index (χ0n) is 13.1. The average Bonchev–Trinajstić information content (AvgIpc) is 2.93. The van der Waals surface area contributed by atoms with E-state index in [1.807, 2.05) is 0 Å². The van der Waals surface area contributed by atoms with Gasteiger partial charge in [-0.05, 0) is 30.8 Å². The SMILES string of the molecule is CNCCC(=O)NC(Cc1c[nH]c2cc(F)ccc12)C(=O)OC. The molecule has 0 aliphatic heterocycles. The van der Waals surface area contributed by atoms with Crippen LogP contribution in [-0.4, -0.2) is 43.6 Å². The Morgan fingerprint density at radius 2 is 2.17 bits per heavy atom. The summed E-state index contributed by atoms with van der Waals surface area (Å²) >= 11 is 0. The van der Waals surface area contributed by atoms with Crippen LogP contribution in [0.25, 0.3) is 10.9 Å². The summed E-state index contributed by atoms with van der Waals surface area (Å²) in [6, 6.07) is 3.61. The van der Waals surface area contributed by atoms with E-state index in [0.717, 1.165) is 10.9 Å². The van der Waals surface area contributed by atoms with Crippen LogP contribution >= 0.6 is 0 Å². The number of aromatic nitrogens is 1. The summed E-state index contributed by atoms with van der Waals surface area (Å²) in [4.78, 5) is 26.7. The monoisotopic (exact) mass is 321 g/mol. The highest BCUT2D eigenvalue weighted by atomic mass is 19.1. The van der Waals surface area contributed by atoms with Gasteiger partial charge in [-0.1, -0.05) is 0 Å². The van der Waals surface area contributed by atoms with Crippen molar-refractivity contribution in [1.82, 2.24) is 15.6 Å². The van der Waals surface area contributed by atoms with Crippen LogP contribution in [-0.2, 0) is 20.7 Å². The first-order chi connectivity index (χ1) is 11.0. The molecule has 2 aromatic rings. The number of esters is 1. The first-order valence-electron chi connectivity index (χ1n) is 7.32. The van der Waals surface area contributed by atoms with Gasteiger partial charge in [-0.25, -0.2) is 9.18 Å². The van der Waals surface area contributed by atoms with E-state index in [0.29, 0.717) is 12.1 Å². The number of methoxy groups -OCH3 is 1. The molecule has 0 saturated carbocycles. The third-order valence-electron chi connectivity index (χ3n) is 3.58. The highest BCUT2D eigenvalue weighted by Crippen LogP contribution is 2.20. The van der Waals surface area contributed by atoms with Crippen LogP contribution in [0.1, 0.15) is 12.0 Å². The van der Waals surface area contributed by atoms with Gasteiger partial charge in [0.1, 0.15) is 11.9 Å². The Labute approximate surface area is 133 Å². The van der Waals surface area contributed by atoms with Crippen LogP contribution in [0.5, 0.6) is 0 Å². The molecule has 1 heterocycles. The largest absolute Gasteiger partial charge is 0.467 e. The maximum Gasteiger partial charge on any atom is 0.328 e. The zero-order chi connectivity index (χ0) is 16.8. The number of rotatable bonds is 7. The topological polar surface area (TPSA) is 83.2 Å². The molecular weight excluding hydrogens is 301 g/mol. The third kappa shape index (κ3) is 4.29. The maximum absolute atomic E-state index is 13.2. The minimum Gasteiger partial charge on any atom is -0.467 e. The summed E-state index contributed by atoms with van der Waals surface area (Å²) in [6.45, 7) is 0.520. The van der Waals surface area contributed by atoms with Crippen molar-refractivity contribution in [2.24, 2.45) is 0 Å². The zero-order valence-corrected chi connectivity index (χ0v) is 13.1. The number of ether oxygens (including phenoxy) is 1. The molecule has 1 unspecified atom stereocenters. The number of hydrogen-bond donors (Lipinski definition) is 3. The van der Waals surface area contributed by atoms with Crippen LogP contribution in [0.15, 0.2) is 24.4 Å². The Hall–Kier alpha value is -2.41. The van der Waals surface area contributed by atoms with Crippen LogP contribution in [0.4, 0.5) is 4.39 Å². The van der Waals surface area contributed by atoms with E-state index in [9.17, 15) is 14.0 Å². The molecule has 6 nitrogen and oxygen atoms in total. The predicted molar refractivity (Wildman–Crippen MR) is 84.5 cm³/mol. The van der Waals surface area contributed by atoms with E-state index in [2.05, 4.69) is 15.6 Å². The molecule has 0 bridgehead atoms. The molecule has 0 spiro atoms. The molecule has 3 N–H and O–H groups in total. The minimum atomic E-state index is -0.784. The van der Waals surface area contributed by atoms with Crippen molar-refractivity contribution in [3.8, 4) is 0 Å². The van der Waals surface area contributed by atoms with Crippen molar-refractivity contribution >= 4 is 22.8 Å². The maximum atomic E-state index is 13.2. The quantitative estimate of drug-likeness (QED) is 0.667. The van der Waals surface area contributed by atoms with Crippen molar-refractivity contribution < 1.29 is 18.7 Å². The number of benzene rings is 1. The standard InChI is InChI=1S/C16H20FN3O3/c1-18-6-5-15(21)20-14(16(22)23-2)7-10-9-19-13-8-11(17)3-4-12(10)13/h3-4,8-9,14,18-19H,5-7H2,1-2H3,(H,20,21). The lowest BCUT2D eigenvalue weighted by Gasteiger charge is -2.16. The van der Waals surface area contributed by atoms with E-state index in [-0.39, 0.29) is 24.6 Å². The number of halogens is 1. The van der Waals surface area contributed by atoms with E-state index in [1.54, 1.807) is 19.3 Å².